The molecular weight excluding hydrogens is 504 g/mol. The second-order valence-corrected chi connectivity index (χ2v) is 9.53. The van der Waals surface area contributed by atoms with Gasteiger partial charge in [0.15, 0.2) is 0 Å². The molecule has 194 valence electrons. The molecule has 7 rings (SSSR count). The number of fused-ring (bicyclic) bond motifs is 5. The molecule has 2 aliphatic rings. The molecule has 0 fully saturated rings. The van der Waals surface area contributed by atoms with Crippen molar-refractivity contribution in [2.75, 3.05) is 24.9 Å². The Morgan fingerprint density at radius 2 is 1.02 bits per heavy atom. The summed E-state index contributed by atoms with van der Waals surface area (Å²) >= 11 is 0. The first-order chi connectivity index (χ1) is 19.5. The van der Waals surface area contributed by atoms with Gasteiger partial charge in [0, 0.05) is 33.3 Å². The van der Waals surface area contributed by atoms with Gasteiger partial charge in [0.05, 0.1) is 47.8 Å². The highest BCUT2D eigenvalue weighted by molar-refractivity contribution is 6.35. The van der Waals surface area contributed by atoms with E-state index in [2.05, 4.69) is 10.6 Å². The molecule has 5 aromatic rings. The molecule has 2 N–H and O–H groups in total. The van der Waals surface area contributed by atoms with Gasteiger partial charge in [-0.2, -0.15) is 0 Å². The van der Waals surface area contributed by atoms with Gasteiger partial charge < -0.3 is 20.1 Å². The molecule has 4 heterocycles. The number of benzene rings is 3. The lowest BCUT2D eigenvalue weighted by Gasteiger charge is -2.07. The molecule has 0 radical (unpaired) electrons. The van der Waals surface area contributed by atoms with Crippen LogP contribution in [-0.4, -0.2) is 36.0 Å². The fourth-order valence-corrected chi connectivity index (χ4v) is 5.13. The van der Waals surface area contributed by atoms with E-state index >= 15 is 0 Å². The van der Waals surface area contributed by atoms with Crippen molar-refractivity contribution in [3.05, 3.63) is 95.3 Å². The number of anilines is 2. The van der Waals surface area contributed by atoms with Gasteiger partial charge in [-0.25, -0.2) is 9.97 Å². The van der Waals surface area contributed by atoms with E-state index < -0.39 is 0 Å². The molecule has 0 unspecified atom stereocenters. The van der Waals surface area contributed by atoms with Crippen molar-refractivity contribution in [2.24, 2.45) is 0 Å². The Labute approximate surface area is 229 Å². The van der Waals surface area contributed by atoms with E-state index in [9.17, 15) is 9.59 Å². The Bertz CT molecular complexity index is 1830. The summed E-state index contributed by atoms with van der Waals surface area (Å²) in [6, 6.07) is 22.6. The largest absolute Gasteiger partial charge is 0.497 e. The van der Waals surface area contributed by atoms with Gasteiger partial charge in [-0.1, -0.05) is 24.3 Å². The van der Waals surface area contributed by atoms with Crippen molar-refractivity contribution >= 4 is 68.3 Å². The van der Waals surface area contributed by atoms with E-state index in [1.54, 1.807) is 26.4 Å². The summed E-state index contributed by atoms with van der Waals surface area (Å²) in [5, 5.41) is 7.62. The van der Waals surface area contributed by atoms with Gasteiger partial charge >= 0.3 is 0 Å². The molecule has 40 heavy (non-hydrogen) atoms. The number of carbonyl (C=O) groups is 2. The molecule has 0 spiro atoms. The summed E-state index contributed by atoms with van der Waals surface area (Å²) in [5.41, 5.74) is 6.69. The van der Waals surface area contributed by atoms with Crippen LogP contribution in [0.2, 0.25) is 0 Å². The lowest BCUT2D eigenvalue weighted by atomic mass is 10.0. The van der Waals surface area contributed by atoms with Crippen LogP contribution in [0.3, 0.4) is 0 Å². The molecule has 0 saturated carbocycles. The molecule has 8 nitrogen and oxygen atoms in total. The molecule has 0 atom stereocenters. The highest BCUT2D eigenvalue weighted by atomic mass is 16.5. The molecule has 2 aromatic heterocycles. The number of rotatable bonds is 4. The summed E-state index contributed by atoms with van der Waals surface area (Å²) in [5.74, 6) is 0.951. The number of nitrogens with zero attached hydrogens (tertiary/aromatic N) is 2. The Hall–Kier alpha value is -5.50. The average Bonchev–Trinajstić information content (AvgIpc) is 3.46. The first kappa shape index (κ1) is 23.6. The lowest BCUT2D eigenvalue weighted by Crippen LogP contribution is -2.04. The van der Waals surface area contributed by atoms with E-state index in [1.807, 2.05) is 72.8 Å². The van der Waals surface area contributed by atoms with E-state index in [-0.39, 0.29) is 11.8 Å². The maximum absolute atomic E-state index is 12.8. The van der Waals surface area contributed by atoms with Crippen LogP contribution in [0, 0.1) is 0 Å². The number of pyridine rings is 2. The molecule has 2 aliphatic heterocycles. The van der Waals surface area contributed by atoms with Crippen molar-refractivity contribution in [2.45, 2.75) is 0 Å². The van der Waals surface area contributed by atoms with Gasteiger partial charge in [-0.15, -0.1) is 0 Å². The number of methoxy groups -OCH3 is 2. The van der Waals surface area contributed by atoms with Crippen LogP contribution in [0.1, 0.15) is 22.5 Å². The second-order valence-electron chi connectivity index (χ2n) is 9.53. The van der Waals surface area contributed by atoms with Crippen LogP contribution in [-0.2, 0) is 9.59 Å². The van der Waals surface area contributed by atoms with Gasteiger partial charge in [0.1, 0.15) is 11.5 Å². The van der Waals surface area contributed by atoms with E-state index in [0.717, 1.165) is 33.3 Å². The smallest absolute Gasteiger partial charge is 0.256 e. The van der Waals surface area contributed by atoms with Crippen LogP contribution in [0.4, 0.5) is 11.4 Å². The van der Waals surface area contributed by atoms with Gasteiger partial charge in [-0.05, 0) is 60.7 Å². The molecule has 3 aromatic carbocycles. The minimum atomic E-state index is -0.193. The summed E-state index contributed by atoms with van der Waals surface area (Å²) in [4.78, 5) is 35.3. The second kappa shape index (κ2) is 9.06. The van der Waals surface area contributed by atoms with Crippen molar-refractivity contribution in [1.82, 2.24) is 9.97 Å². The molecule has 0 saturated heterocycles. The molecular formula is C32H22N4O4. The summed E-state index contributed by atoms with van der Waals surface area (Å²) in [6.07, 6.45) is 3.55. The van der Waals surface area contributed by atoms with Crippen molar-refractivity contribution in [1.29, 1.82) is 0 Å². The zero-order chi connectivity index (χ0) is 27.4. The number of hydrogen-bond acceptors (Lipinski definition) is 6. The first-order valence-corrected chi connectivity index (χ1v) is 12.6. The highest BCUT2D eigenvalue weighted by Crippen LogP contribution is 2.37. The number of carbonyl (C=O) groups excluding carboxylic acids is 2. The predicted molar refractivity (Wildman–Crippen MR) is 156 cm³/mol. The Morgan fingerprint density at radius 1 is 0.600 bits per heavy atom. The third-order valence-electron chi connectivity index (χ3n) is 7.17. The normalized spacial score (nSPS) is 15.8. The van der Waals surface area contributed by atoms with Gasteiger partial charge in [-0.3, -0.25) is 9.59 Å². The average molecular weight is 527 g/mol. The zero-order valence-corrected chi connectivity index (χ0v) is 21.6. The van der Waals surface area contributed by atoms with E-state index in [0.29, 0.717) is 45.1 Å². The number of ether oxygens (including phenoxy) is 2. The number of nitrogens with one attached hydrogen (secondary N) is 2. The molecule has 0 bridgehead atoms. The van der Waals surface area contributed by atoms with Gasteiger partial charge in [0.2, 0.25) is 0 Å². The lowest BCUT2D eigenvalue weighted by molar-refractivity contribution is -0.111. The fourth-order valence-electron chi connectivity index (χ4n) is 5.13. The predicted octanol–water partition coefficient (Wildman–Crippen LogP) is 5.79. The number of amides is 2. The van der Waals surface area contributed by atoms with E-state index in [4.69, 9.17) is 19.4 Å². The quantitative estimate of drug-likeness (QED) is 0.227. The standard InChI is InChI=1S/C32H22N4O4/c1-39-21-9-11-27-23(15-21)25(31(37)35-27)13-19-7-5-17-3-4-18-6-8-20(34-30(18)29(17)33-19)14-26-24-16-22(40-2)10-12-28(24)36-32(26)38/h3-16H,1-2H3,(H,35,37)(H,36,38)/b25-13+,26-14+. The highest BCUT2D eigenvalue weighted by Gasteiger charge is 2.26. The first-order valence-electron chi connectivity index (χ1n) is 12.6. The van der Waals surface area contributed by atoms with Crippen molar-refractivity contribution in [3.8, 4) is 11.5 Å². The number of aromatic nitrogens is 2. The van der Waals surface area contributed by atoms with Gasteiger partial charge in [0.25, 0.3) is 11.8 Å². The molecule has 8 heteroatoms. The van der Waals surface area contributed by atoms with Crippen molar-refractivity contribution < 1.29 is 19.1 Å². The van der Waals surface area contributed by atoms with Crippen LogP contribution in [0.5, 0.6) is 11.5 Å². The Kier molecular flexibility index (Phi) is 5.35. The summed E-state index contributed by atoms with van der Waals surface area (Å²) in [7, 11) is 3.19. The minimum Gasteiger partial charge on any atom is -0.497 e. The molecule has 0 aliphatic carbocycles. The third kappa shape index (κ3) is 3.85. The Morgan fingerprint density at radius 3 is 1.45 bits per heavy atom. The van der Waals surface area contributed by atoms with E-state index in [1.165, 1.54) is 0 Å². The number of hydrogen-bond donors (Lipinski definition) is 2. The van der Waals surface area contributed by atoms with Crippen LogP contribution < -0.4 is 20.1 Å². The van der Waals surface area contributed by atoms with Crippen molar-refractivity contribution in [3.63, 3.8) is 0 Å². The third-order valence-corrected chi connectivity index (χ3v) is 7.17. The summed E-state index contributed by atoms with van der Waals surface area (Å²) in [6.45, 7) is 0. The SMILES string of the molecule is COc1ccc2c(c1)/C(=C\c1ccc3ccc4ccc(/C=C5/C(=O)Nc6ccc(OC)cc65)nc4c3n1)C(=O)N2. The van der Waals surface area contributed by atoms with Crippen LogP contribution in [0.15, 0.2) is 72.8 Å². The maximum Gasteiger partial charge on any atom is 0.256 e. The van der Waals surface area contributed by atoms with Crippen LogP contribution >= 0.6 is 0 Å². The Balaban J connectivity index is 1.34. The minimum absolute atomic E-state index is 0.193. The monoisotopic (exact) mass is 526 g/mol. The topological polar surface area (TPSA) is 102 Å². The summed E-state index contributed by atoms with van der Waals surface area (Å²) < 4.78 is 10.7. The zero-order valence-electron chi connectivity index (χ0n) is 21.6. The fraction of sp³-hybridized carbons (Fsp3) is 0.0625. The maximum atomic E-state index is 12.8. The molecule has 2 amide bonds. The van der Waals surface area contributed by atoms with Crippen LogP contribution in [0.25, 0.3) is 45.1 Å².